The van der Waals surface area contributed by atoms with Gasteiger partial charge in [-0.2, -0.15) is 0 Å². The molecular weight excluding hydrogens is 196 g/mol. The molecule has 15 heavy (non-hydrogen) atoms. The maximum Gasteiger partial charge on any atom is 0.172 e. The van der Waals surface area contributed by atoms with E-state index in [1.165, 1.54) is 0 Å². The van der Waals surface area contributed by atoms with E-state index in [-0.39, 0.29) is 18.5 Å². The first kappa shape index (κ1) is 8.01. The van der Waals surface area contributed by atoms with Crippen LogP contribution in [0.2, 0.25) is 0 Å². The smallest absolute Gasteiger partial charge is 0.172 e. The Kier molecular flexibility index (Phi) is 1.13. The normalized spacial score (nSPS) is 73.0. The van der Waals surface area contributed by atoms with Crippen LogP contribution in [0.4, 0.5) is 0 Å². The third kappa shape index (κ3) is 0.695. The van der Waals surface area contributed by atoms with Crippen LogP contribution in [0.5, 0.6) is 0 Å². The summed E-state index contributed by atoms with van der Waals surface area (Å²) < 4.78 is 17.4. The third-order valence-electron chi connectivity index (χ3n) is 5.25. The van der Waals surface area contributed by atoms with Crippen molar-refractivity contribution in [1.82, 2.24) is 0 Å². The van der Waals surface area contributed by atoms with E-state index >= 15 is 0 Å². The maximum atomic E-state index is 10.5. The van der Waals surface area contributed by atoms with Gasteiger partial charge >= 0.3 is 0 Å². The zero-order valence-electron chi connectivity index (χ0n) is 8.33. The fraction of sp³-hybridized carbons (Fsp3) is 1.00. The van der Waals surface area contributed by atoms with Gasteiger partial charge in [-0.25, -0.2) is 0 Å². The van der Waals surface area contributed by atoms with E-state index in [1.54, 1.807) is 0 Å². The van der Waals surface area contributed by atoms with Crippen molar-refractivity contribution in [2.45, 2.75) is 43.7 Å². The van der Waals surface area contributed by atoms with Crippen LogP contribution in [-0.2, 0) is 14.2 Å². The summed E-state index contributed by atoms with van der Waals surface area (Å²) in [5.41, 5.74) is 0. The maximum absolute atomic E-state index is 10.5. The van der Waals surface area contributed by atoms with Crippen LogP contribution in [0.15, 0.2) is 0 Å². The summed E-state index contributed by atoms with van der Waals surface area (Å²) in [5.74, 6) is 0.819. The molecule has 3 aliphatic heterocycles. The molecule has 0 aromatic carbocycles. The number of rotatable bonds is 0. The van der Waals surface area contributed by atoms with Gasteiger partial charge in [0.25, 0.3) is 0 Å². The first-order valence-electron chi connectivity index (χ1n) is 5.97. The highest BCUT2D eigenvalue weighted by atomic mass is 16.8. The van der Waals surface area contributed by atoms with E-state index in [4.69, 9.17) is 14.2 Å². The summed E-state index contributed by atoms with van der Waals surface area (Å²) in [6, 6.07) is 0. The van der Waals surface area contributed by atoms with Gasteiger partial charge in [-0.1, -0.05) is 0 Å². The molecule has 0 aromatic rings. The van der Waals surface area contributed by atoms with E-state index in [1.807, 2.05) is 0 Å². The summed E-state index contributed by atoms with van der Waals surface area (Å²) in [4.78, 5) is 0. The van der Waals surface area contributed by atoms with Gasteiger partial charge in [-0.3, -0.25) is 0 Å². The Morgan fingerprint density at radius 3 is 3.00 bits per heavy atom. The van der Waals surface area contributed by atoms with Crippen LogP contribution in [-0.4, -0.2) is 29.6 Å². The average molecular weight is 210 g/mol. The lowest BCUT2D eigenvalue weighted by Crippen LogP contribution is -2.47. The summed E-state index contributed by atoms with van der Waals surface area (Å²) in [6.45, 7) is 0. The quantitative estimate of drug-likeness (QED) is 0.630. The minimum atomic E-state index is -0.899. The molecular formula is C11H14O4. The molecule has 3 saturated heterocycles. The number of ether oxygens (including phenoxy) is 3. The van der Waals surface area contributed by atoms with Crippen LogP contribution in [0.1, 0.15) is 19.3 Å². The molecule has 1 N–H and O–H groups in total. The van der Waals surface area contributed by atoms with Crippen molar-refractivity contribution in [3.8, 4) is 0 Å². The van der Waals surface area contributed by atoms with E-state index in [2.05, 4.69) is 0 Å². The van der Waals surface area contributed by atoms with Crippen molar-refractivity contribution in [3.63, 3.8) is 0 Å². The van der Waals surface area contributed by atoms with Gasteiger partial charge < -0.3 is 19.3 Å². The van der Waals surface area contributed by atoms with E-state index < -0.39 is 5.79 Å². The molecule has 5 rings (SSSR count). The number of hydrogen-bond donors (Lipinski definition) is 1. The van der Waals surface area contributed by atoms with Crippen LogP contribution in [0.3, 0.4) is 0 Å². The molecule has 82 valence electrons. The second-order valence-corrected chi connectivity index (χ2v) is 5.72. The Hall–Kier alpha value is -0.160. The molecule has 0 amide bonds. The highest BCUT2D eigenvalue weighted by molar-refractivity contribution is 5.13. The Balaban J connectivity index is 1.75. The molecule has 2 saturated carbocycles. The molecule has 4 nitrogen and oxygen atoms in total. The lowest BCUT2D eigenvalue weighted by atomic mass is 9.73. The standard InChI is InChI=1S/C11H14O4/c12-11-2-1-6-7-4-3-5(8(7)11)10(15-11)14-9(4)13-6/h4-10,12H,1-3H2/t4-,5+,6+,7+,8+,9?,10?,11-/m0/s1. The fourth-order valence-corrected chi connectivity index (χ4v) is 4.84. The van der Waals surface area contributed by atoms with Gasteiger partial charge in [0.1, 0.15) is 0 Å². The Bertz CT molecular complexity index is 345. The molecule has 3 heterocycles. The van der Waals surface area contributed by atoms with Gasteiger partial charge in [-0.05, 0) is 12.8 Å². The van der Waals surface area contributed by atoms with Crippen LogP contribution >= 0.6 is 0 Å². The summed E-state index contributed by atoms with van der Waals surface area (Å²) in [6.07, 6.45) is 2.84. The lowest BCUT2D eigenvalue weighted by molar-refractivity contribution is -0.313. The van der Waals surface area contributed by atoms with Gasteiger partial charge in [0, 0.05) is 30.1 Å². The Morgan fingerprint density at radius 1 is 1.13 bits per heavy atom. The zero-order chi connectivity index (χ0) is 9.78. The summed E-state index contributed by atoms with van der Waals surface area (Å²) >= 11 is 0. The molecule has 8 atom stereocenters. The molecule has 0 aromatic heterocycles. The SMILES string of the molecule is O[C@@]12CC[C@H]3OC4OC(O1)[C@@H]1C[C@H]4[C@H]3[C@@H]12. The summed E-state index contributed by atoms with van der Waals surface area (Å²) in [7, 11) is 0. The molecule has 2 bridgehead atoms. The Labute approximate surface area is 87.5 Å². The third-order valence-corrected chi connectivity index (χ3v) is 5.25. The largest absolute Gasteiger partial charge is 0.365 e. The summed E-state index contributed by atoms with van der Waals surface area (Å²) in [5, 5.41) is 10.5. The monoisotopic (exact) mass is 210 g/mol. The van der Waals surface area contributed by atoms with Gasteiger partial charge in [-0.15, -0.1) is 0 Å². The lowest BCUT2D eigenvalue weighted by Gasteiger charge is -2.39. The van der Waals surface area contributed by atoms with E-state index in [0.29, 0.717) is 30.3 Å². The minimum absolute atomic E-state index is 0.0473. The fourth-order valence-electron chi connectivity index (χ4n) is 4.84. The molecule has 2 aliphatic carbocycles. The highest BCUT2D eigenvalue weighted by Gasteiger charge is 2.73. The number of aliphatic hydroxyl groups is 1. The zero-order valence-corrected chi connectivity index (χ0v) is 8.33. The average Bonchev–Trinajstić information content (AvgIpc) is 2.78. The van der Waals surface area contributed by atoms with Crippen molar-refractivity contribution in [3.05, 3.63) is 0 Å². The van der Waals surface area contributed by atoms with Crippen LogP contribution in [0, 0.1) is 23.7 Å². The first-order chi connectivity index (χ1) is 7.26. The highest BCUT2D eigenvalue weighted by Crippen LogP contribution is 2.67. The first-order valence-corrected chi connectivity index (χ1v) is 5.97. The second kappa shape index (κ2) is 2.12. The van der Waals surface area contributed by atoms with Crippen molar-refractivity contribution in [2.75, 3.05) is 0 Å². The molecule has 0 radical (unpaired) electrons. The van der Waals surface area contributed by atoms with Crippen molar-refractivity contribution < 1.29 is 19.3 Å². The van der Waals surface area contributed by atoms with Gasteiger partial charge in [0.05, 0.1) is 6.10 Å². The van der Waals surface area contributed by atoms with Gasteiger partial charge in [0.2, 0.25) is 0 Å². The van der Waals surface area contributed by atoms with E-state index in [9.17, 15) is 5.11 Å². The van der Waals surface area contributed by atoms with Crippen LogP contribution < -0.4 is 0 Å². The van der Waals surface area contributed by atoms with Crippen molar-refractivity contribution in [1.29, 1.82) is 0 Å². The molecule has 4 heteroatoms. The molecule has 5 aliphatic rings. The molecule has 5 fully saturated rings. The second-order valence-electron chi connectivity index (χ2n) is 5.72. The topological polar surface area (TPSA) is 47.9 Å². The Morgan fingerprint density at radius 2 is 2.07 bits per heavy atom. The van der Waals surface area contributed by atoms with Crippen LogP contribution in [0.25, 0.3) is 0 Å². The molecule has 2 unspecified atom stereocenters. The predicted molar refractivity (Wildman–Crippen MR) is 47.4 cm³/mol. The van der Waals surface area contributed by atoms with Crippen molar-refractivity contribution in [2.24, 2.45) is 23.7 Å². The van der Waals surface area contributed by atoms with Crippen molar-refractivity contribution >= 4 is 0 Å². The minimum Gasteiger partial charge on any atom is -0.365 e. The van der Waals surface area contributed by atoms with Gasteiger partial charge in [0.15, 0.2) is 18.4 Å². The predicted octanol–water partition coefficient (Wildman–Crippen LogP) is 0.449. The van der Waals surface area contributed by atoms with E-state index in [0.717, 1.165) is 12.8 Å². The molecule has 0 spiro atoms. The number of hydrogen-bond acceptors (Lipinski definition) is 4.